The molecule has 1 aliphatic heterocycles. The Bertz CT molecular complexity index is 717. The molecule has 2 heterocycles. The van der Waals surface area contributed by atoms with Gasteiger partial charge in [0.1, 0.15) is 4.21 Å². The maximum Gasteiger partial charge on any atom is 0.193 e. The first-order valence-electron chi connectivity index (χ1n) is 8.12. The Morgan fingerprint density at radius 1 is 1.09 bits per heavy atom. The van der Waals surface area contributed by atoms with Crippen LogP contribution < -0.4 is 5.32 Å². The number of hydrogen-bond acceptors (Lipinski definition) is 6. The summed E-state index contributed by atoms with van der Waals surface area (Å²) in [5.74, 6) is -0.337. The van der Waals surface area contributed by atoms with Gasteiger partial charge in [-0.3, -0.25) is 0 Å². The lowest BCUT2D eigenvalue weighted by molar-refractivity contribution is 0.409. The van der Waals surface area contributed by atoms with Crippen molar-refractivity contribution in [2.24, 2.45) is 0 Å². The van der Waals surface area contributed by atoms with Crippen molar-refractivity contribution >= 4 is 31.0 Å². The molecule has 1 aliphatic carbocycles. The van der Waals surface area contributed by atoms with Crippen LogP contribution in [0.15, 0.2) is 21.7 Å². The number of hydrogen-bond donors (Lipinski definition) is 1. The Hall–Kier alpha value is -0.440. The van der Waals surface area contributed by atoms with Gasteiger partial charge in [-0.25, -0.2) is 16.8 Å². The van der Waals surface area contributed by atoms with Crippen LogP contribution in [0.25, 0.3) is 0 Å². The van der Waals surface area contributed by atoms with Crippen LogP contribution in [-0.2, 0) is 19.7 Å². The van der Waals surface area contributed by atoms with E-state index in [0.717, 1.165) is 37.0 Å². The summed E-state index contributed by atoms with van der Waals surface area (Å²) >= 11 is 1.16. The molecule has 3 rings (SSSR count). The zero-order chi connectivity index (χ0) is 16.5. The van der Waals surface area contributed by atoms with Crippen molar-refractivity contribution in [1.82, 2.24) is 5.32 Å². The van der Waals surface area contributed by atoms with E-state index in [2.05, 4.69) is 5.32 Å². The fourth-order valence-corrected chi connectivity index (χ4v) is 9.50. The lowest BCUT2D eigenvalue weighted by Crippen LogP contribution is -2.47. The highest BCUT2D eigenvalue weighted by Gasteiger charge is 2.46. The Kier molecular flexibility index (Phi) is 5.15. The summed E-state index contributed by atoms with van der Waals surface area (Å²) < 4.78 is 50.0. The molecule has 0 radical (unpaired) electrons. The van der Waals surface area contributed by atoms with E-state index in [-0.39, 0.29) is 21.8 Å². The van der Waals surface area contributed by atoms with Gasteiger partial charge in [-0.05, 0) is 24.3 Å². The largest absolute Gasteiger partial charge is 0.309 e. The van der Waals surface area contributed by atoms with Gasteiger partial charge in [0.2, 0.25) is 0 Å². The highest BCUT2D eigenvalue weighted by Crippen LogP contribution is 2.29. The number of thiophene rings is 1. The first-order chi connectivity index (χ1) is 10.9. The predicted molar refractivity (Wildman–Crippen MR) is 92.4 cm³/mol. The zero-order valence-electron chi connectivity index (χ0n) is 13.0. The molecular weight excluding hydrogens is 354 g/mol. The van der Waals surface area contributed by atoms with Gasteiger partial charge < -0.3 is 5.32 Å². The Labute approximate surface area is 142 Å². The summed E-state index contributed by atoms with van der Waals surface area (Å²) in [7, 11) is -6.91. The molecule has 2 aliphatic rings. The van der Waals surface area contributed by atoms with Crippen molar-refractivity contribution in [3.63, 3.8) is 0 Å². The van der Waals surface area contributed by atoms with Crippen molar-refractivity contribution < 1.29 is 16.8 Å². The normalized spacial score (nSPS) is 29.4. The van der Waals surface area contributed by atoms with Crippen LogP contribution in [0.4, 0.5) is 0 Å². The van der Waals surface area contributed by atoms with Crippen LogP contribution in [0.5, 0.6) is 0 Å². The third kappa shape index (κ3) is 3.97. The van der Waals surface area contributed by atoms with Gasteiger partial charge in [-0.1, -0.05) is 31.7 Å². The lowest BCUT2D eigenvalue weighted by Gasteiger charge is -2.25. The van der Waals surface area contributed by atoms with Gasteiger partial charge in [-0.15, -0.1) is 11.3 Å². The van der Waals surface area contributed by atoms with E-state index in [9.17, 15) is 16.8 Å². The molecule has 1 saturated carbocycles. The van der Waals surface area contributed by atoms with E-state index in [4.69, 9.17) is 0 Å². The van der Waals surface area contributed by atoms with Crippen LogP contribution in [0.2, 0.25) is 0 Å². The molecule has 1 aromatic rings. The third-order valence-electron chi connectivity index (χ3n) is 4.78. The van der Waals surface area contributed by atoms with Crippen LogP contribution >= 0.6 is 11.3 Å². The molecule has 1 N–H and O–H groups in total. The second-order valence-corrected chi connectivity index (χ2v) is 12.0. The fourth-order valence-electron chi connectivity index (χ4n) is 3.60. The topological polar surface area (TPSA) is 80.3 Å². The molecule has 0 amide bonds. The van der Waals surface area contributed by atoms with Gasteiger partial charge in [-0.2, -0.15) is 0 Å². The van der Waals surface area contributed by atoms with Crippen molar-refractivity contribution in [2.45, 2.75) is 60.1 Å². The molecule has 0 bridgehead atoms. The van der Waals surface area contributed by atoms with Crippen molar-refractivity contribution in [3.05, 3.63) is 17.5 Å². The van der Waals surface area contributed by atoms with Gasteiger partial charge in [0, 0.05) is 12.1 Å². The fraction of sp³-hybridized carbons (Fsp3) is 0.733. The number of nitrogens with one attached hydrogen (secondary N) is 1. The standard InChI is InChI=1S/C15H23NO4S3/c17-22(18)10-13(16-12-6-3-1-2-4-7-12)14(11-22)23(19,20)15-8-5-9-21-15/h5,8-9,12-14,16H,1-4,6-7,10-11H2/t13-,14-/m0/s1. The van der Waals surface area contributed by atoms with Crippen LogP contribution in [-0.4, -0.2) is 45.7 Å². The smallest absolute Gasteiger partial charge is 0.193 e. The maximum absolute atomic E-state index is 12.8. The number of rotatable bonds is 4. The van der Waals surface area contributed by atoms with Crippen molar-refractivity contribution in [1.29, 1.82) is 0 Å². The average Bonchev–Trinajstić information content (AvgIpc) is 3.03. The molecule has 0 spiro atoms. The molecule has 130 valence electrons. The van der Waals surface area contributed by atoms with Crippen molar-refractivity contribution in [2.75, 3.05) is 11.5 Å². The van der Waals surface area contributed by atoms with E-state index in [1.807, 2.05) is 0 Å². The van der Waals surface area contributed by atoms with E-state index in [1.165, 1.54) is 12.8 Å². The van der Waals surface area contributed by atoms with Crippen LogP contribution in [0.1, 0.15) is 38.5 Å². The van der Waals surface area contributed by atoms with E-state index >= 15 is 0 Å². The van der Waals surface area contributed by atoms with Gasteiger partial charge >= 0.3 is 0 Å². The minimum atomic E-state index is -3.60. The highest BCUT2D eigenvalue weighted by atomic mass is 32.2. The first-order valence-corrected chi connectivity index (χ1v) is 12.4. The SMILES string of the molecule is O=S1(=O)C[C@H](NC2CCCCCC2)[C@@H](S(=O)(=O)c2cccs2)C1. The lowest BCUT2D eigenvalue weighted by atomic mass is 10.1. The Morgan fingerprint density at radius 3 is 2.39 bits per heavy atom. The van der Waals surface area contributed by atoms with Crippen LogP contribution in [0.3, 0.4) is 0 Å². The molecule has 8 heteroatoms. The third-order valence-corrected chi connectivity index (χ3v) is 10.4. The molecule has 5 nitrogen and oxygen atoms in total. The summed E-state index contributed by atoms with van der Waals surface area (Å²) in [6.07, 6.45) is 6.67. The van der Waals surface area contributed by atoms with Crippen LogP contribution in [0, 0.1) is 0 Å². The summed E-state index contributed by atoms with van der Waals surface area (Å²) in [6, 6.07) is 2.99. The van der Waals surface area contributed by atoms with Gasteiger partial charge in [0.15, 0.2) is 19.7 Å². The minimum absolute atomic E-state index is 0.0707. The maximum atomic E-state index is 12.8. The summed E-state index contributed by atoms with van der Waals surface area (Å²) in [6.45, 7) is 0. The minimum Gasteiger partial charge on any atom is -0.309 e. The highest BCUT2D eigenvalue weighted by molar-refractivity contribution is 7.97. The monoisotopic (exact) mass is 377 g/mol. The Balaban J connectivity index is 1.82. The second-order valence-electron chi connectivity index (χ2n) is 6.55. The molecule has 0 unspecified atom stereocenters. The molecule has 23 heavy (non-hydrogen) atoms. The first kappa shape index (κ1) is 17.4. The second kappa shape index (κ2) is 6.82. The molecule has 0 aromatic carbocycles. The summed E-state index contributed by atoms with van der Waals surface area (Å²) in [4.78, 5) is 0. The Morgan fingerprint density at radius 2 is 1.78 bits per heavy atom. The molecule has 2 atom stereocenters. The van der Waals surface area contributed by atoms with E-state index in [0.29, 0.717) is 0 Å². The number of sulfone groups is 2. The van der Waals surface area contributed by atoms with E-state index in [1.54, 1.807) is 17.5 Å². The molecule has 1 aromatic heterocycles. The molecular formula is C15H23NO4S3. The molecule has 2 fully saturated rings. The quantitative estimate of drug-likeness (QED) is 0.812. The summed E-state index contributed by atoms with van der Waals surface area (Å²) in [5, 5.41) is 4.22. The predicted octanol–water partition coefficient (Wildman–Crippen LogP) is 2.00. The van der Waals surface area contributed by atoms with E-state index < -0.39 is 31.0 Å². The zero-order valence-corrected chi connectivity index (χ0v) is 15.4. The molecule has 1 saturated heterocycles. The van der Waals surface area contributed by atoms with Gasteiger partial charge in [0.25, 0.3) is 0 Å². The van der Waals surface area contributed by atoms with Gasteiger partial charge in [0.05, 0.1) is 16.8 Å². The van der Waals surface area contributed by atoms with Crippen molar-refractivity contribution in [3.8, 4) is 0 Å². The average molecular weight is 378 g/mol. The summed E-state index contributed by atoms with van der Waals surface area (Å²) in [5.41, 5.74) is 0.